The van der Waals surface area contributed by atoms with E-state index < -0.39 is 0 Å². The fourth-order valence-electron chi connectivity index (χ4n) is 1.56. The van der Waals surface area contributed by atoms with E-state index in [4.69, 9.17) is 4.74 Å². The highest BCUT2D eigenvalue weighted by Crippen LogP contribution is 2.17. The van der Waals surface area contributed by atoms with Crippen LogP contribution in [0.3, 0.4) is 0 Å². The first-order chi connectivity index (χ1) is 8.25. The molecule has 17 heavy (non-hydrogen) atoms. The zero-order chi connectivity index (χ0) is 12.1. The van der Waals surface area contributed by atoms with Crippen LogP contribution in [0.2, 0.25) is 0 Å². The SMILES string of the molecule is CC(NCCOc1cnn(C)c1)c1cccs1. The summed E-state index contributed by atoms with van der Waals surface area (Å²) in [5.41, 5.74) is 0. The van der Waals surface area contributed by atoms with Gasteiger partial charge in [-0.3, -0.25) is 4.68 Å². The Labute approximate surface area is 105 Å². The maximum atomic E-state index is 5.55. The van der Waals surface area contributed by atoms with Crippen molar-refractivity contribution in [2.75, 3.05) is 13.2 Å². The smallest absolute Gasteiger partial charge is 0.157 e. The van der Waals surface area contributed by atoms with Crippen LogP contribution < -0.4 is 10.1 Å². The summed E-state index contributed by atoms with van der Waals surface area (Å²) in [4.78, 5) is 1.35. The van der Waals surface area contributed by atoms with E-state index in [2.05, 4.69) is 34.9 Å². The summed E-state index contributed by atoms with van der Waals surface area (Å²) in [7, 11) is 1.88. The van der Waals surface area contributed by atoms with Crippen molar-refractivity contribution in [3.63, 3.8) is 0 Å². The van der Waals surface area contributed by atoms with E-state index in [1.165, 1.54) is 4.88 Å². The van der Waals surface area contributed by atoms with Gasteiger partial charge < -0.3 is 10.1 Å². The first-order valence-electron chi connectivity index (χ1n) is 5.64. The van der Waals surface area contributed by atoms with Gasteiger partial charge in [0.2, 0.25) is 0 Å². The number of nitrogens with zero attached hydrogens (tertiary/aromatic N) is 2. The molecule has 2 aromatic heterocycles. The fraction of sp³-hybridized carbons (Fsp3) is 0.417. The molecule has 0 amide bonds. The van der Waals surface area contributed by atoms with Gasteiger partial charge in [0.1, 0.15) is 6.61 Å². The fourth-order valence-corrected chi connectivity index (χ4v) is 2.31. The number of hydrogen-bond acceptors (Lipinski definition) is 4. The second-order valence-corrected chi connectivity index (χ2v) is 4.87. The molecule has 0 aliphatic carbocycles. The summed E-state index contributed by atoms with van der Waals surface area (Å²) in [6, 6.07) is 4.60. The quantitative estimate of drug-likeness (QED) is 0.800. The summed E-state index contributed by atoms with van der Waals surface area (Å²) in [6.07, 6.45) is 3.59. The van der Waals surface area contributed by atoms with Gasteiger partial charge in [0.05, 0.1) is 12.4 Å². The number of nitrogens with one attached hydrogen (secondary N) is 1. The van der Waals surface area contributed by atoms with Gasteiger partial charge in [0, 0.05) is 24.5 Å². The van der Waals surface area contributed by atoms with Crippen molar-refractivity contribution in [1.82, 2.24) is 15.1 Å². The Morgan fingerprint density at radius 3 is 3.12 bits per heavy atom. The largest absolute Gasteiger partial charge is 0.489 e. The second-order valence-electron chi connectivity index (χ2n) is 3.89. The Balaban J connectivity index is 1.66. The van der Waals surface area contributed by atoms with Crippen molar-refractivity contribution < 1.29 is 4.74 Å². The molecule has 0 spiro atoms. The van der Waals surface area contributed by atoms with Gasteiger partial charge in [-0.15, -0.1) is 11.3 Å². The highest BCUT2D eigenvalue weighted by atomic mass is 32.1. The number of aryl methyl sites for hydroxylation is 1. The third kappa shape index (κ3) is 3.57. The van der Waals surface area contributed by atoms with Crippen LogP contribution in [0.25, 0.3) is 0 Å². The van der Waals surface area contributed by atoms with Crippen LogP contribution in [0.4, 0.5) is 0 Å². The average Bonchev–Trinajstić information content (AvgIpc) is 2.95. The van der Waals surface area contributed by atoms with Gasteiger partial charge in [-0.1, -0.05) is 6.07 Å². The number of thiophene rings is 1. The first kappa shape index (κ1) is 12.1. The van der Waals surface area contributed by atoms with E-state index in [0.717, 1.165) is 12.3 Å². The molecule has 5 heteroatoms. The molecule has 0 fully saturated rings. The van der Waals surface area contributed by atoms with Crippen molar-refractivity contribution in [3.8, 4) is 5.75 Å². The normalized spacial score (nSPS) is 12.6. The average molecular weight is 251 g/mol. The van der Waals surface area contributed by atoms with E-state index in [9.17, 15) is 0 Å². The lowest BCUT2D eigenvalue weighted by Gasteiger charge is -2.11. The third-order valence-corrected chi connectivity index (χ3v) is 3.53. The van der Waals surface area contributed by atoms with Crippen molar-refractivity contribution >= 4 is 11.3 Å². The Hall–Kier alpha value is -1.33. The van der Waals surface area contributed by atoms with Crippen LogP contribution in [0, 0.1) is 0 Å². The topological polar surface area (TPSA) is 39.1 Å². The molecule has 1 unspecified atom stereocenters. The summed E-state index contributed by atoms with van der Waals surface area (Å²) < 4.78 is 7.29. The number of hydrogen-bond donors (Lipinski definition) is 1. The maximum absolute atomic E-state index is 5.55. The van der Waals surface area contributed by atoms with E-state index in [1.807, 2.05) is 13.2 Å². The van der Waals surface area contributed by atoms with Crippen LogP contribution in [-0.4, -0.2) is 22.9 Å². The first-order valence-corrected chi connectivity index (χ1v) is 6.52. The lowest BCUT2D eigenvalue weighted by molar-refractivity contribution is 0.308. The highest BCUT2D eigenvalue weighted by Gasteiger charge is 2.04. The predicted molar refractivity (Wildman–Crippen MR) is 69.4 cm³/mol. The number of aromatic nitrogens is 2. The number of ether oxygens (including phenoxy) is 1. The van der Waals surface area contributed by atoms with E-state index in [0.29, 0.717) is 12.6 Å². The zero-order valence-electron chi connectivity index (χ0n) is 10.1. The molecule has 0 saturated carbocycles. The summed E-state index contributed by atoms with van der Waals surface area (Å²) in [6.45, 7) is 3.64. The molecule has 0 aliphatic rings. The van der Waals surface area contributed by atoms with Crippen molar-refractivity contribution in [3.05, 3.63) is 34.8 Å². The monoisotopic (exact) mass is 251 g/mol. The zero-order valence-corrected chi connectivity index (χ0v) is 10.9. The van der Waals surface area contributed by atoms with Gasteiger partial charge in [0.15, 0.2) is 5.75 Å². The van der Waals surface area contributed by atoms with Gasteiger partial charge >= 0.3 is 0 Å². The second kappa shape index (κ2) is 5.84. The number of rotatable bonds is 6. The molecule has 0 aromatic carbocycles. The standard InChI is InChI=1S/C12H17N3OS/c1-10(12-4-3-7-17-12)13-5-6-16-11-8-14-15(2)9-11/h3-4,7-10,13H,5-6H2,1-2H3. The van der Waals surface area contributed by atoms with Crippen LogP contribution in [0.15, 0.2) is 29.9 Å². The molecule has 2 aromatic rings. The Kier molecular flexibility index (Phi) is 4.17. The van der Waals surface area contributed by atoms with Gasteiger partial charge in [0.25, 0.3) is 0 Å². The minimum Gasteiger partial charge on any atom is -0.489 e. The van der Waals surface area contributed by atoms with Crippen LogP contribution >= 0.6 is 11.3 Å². The lowest BCUT2D eigenvalue weighted by Crippen LogP contribution is -2.23. The summed E-state index contributed by atoms with van der Waals surface area (Å²) >= 11 is 1.77. The van der Waals surface area contributed by atoms with Crippen molar-refractivity contribution in [2.45, 2.75) is 13.0 Å². The van der Waals surface area contributed by atoms with Gasteiger partial charge in [-0.2, -0.15) is 5.10 Å². The van der Waals surface area contributed by atoms with Crippen LogP contribution in [0.5, 0.6) is 5.75 Å². The highest BCUT2D eigenvalue weighted by molar-refractivity contribution is 7.10. The Morgan fingerprint density at radius 2 is 2.47 bits per heavy atom. The molecular weight excluding hydrogens is 234 g/mol. The van der Waals surface area contributed by atoms with Crippen molar-refractivity contribution in [2.24, 2.45) is 7.05 Å². The van der Waals surface area contributed by atoms with E-state index in [1.54, 1.807) is 22.2 Å². The Bertz CT molecular complexity index is 438. The molecule has 2 heterocycles. The minimum atomic E-state index is 0.382. The van der Waals surface area contributed by atoms with Crippen LogP contribution in [-0.2, 0) is 7.05 Å². The third-order valence-electron chi connectivity index (χ3n) is 2.47. The molecular formula is C12H17N3OS. The lowest BCUT2D eigenvalue weighted by atomic mass is 10.3. The summed E-state index contributed by atoms with van der Waals surface area (Å²) in [5.74, 6) is 0.818. The van der Waals surface area contributed by atoms with Crippen LogP contribution in [0.1, 0.15) is 17.8 Å². The van der Waals surface area contributed by atoms with Gasteiger partial charge in [-0.05, 0) is 18.4 Å². The van der Waals surface area contributed by atoms with Gasteiger partial charge in [-0.25, -0.2) is 0 Å². The van der Waals surface area contributed by atoms with E-state index in [-0.39, 0.29) is 0 Å². The molecule has 4 nitrogen and oxygen atoms in total. The van der Waals surface area contributed by atoms with E-state index >= 15 is 0 Å². The predicted octanol–water partition coefficient (Wildman–Crippen LogP) is 2.21. The molecule has 0 radical (unpaired) electrons. The molecule has 92 valence electrons. The minimum absolute atomic E-state index is 0.382. The molecule has 0 aliphatic heterocycles. The van der Waals surface area contributed by atoms with Crippen molar-refractivity contribution in [1.29, 1.82) is 0 Å². The molecule has 1 atom stereocenters. The maximum Gasteiger partial charge on any atom is 0.157 e. The molecule has 0 saturated heterocycles. The molecule has 1 N–H and O–H groups in total. The summed E-state index contributed by atoms with van der Waals surface area (Å²) in [5, 5.41) is 9.56. The molecule has 0 bridgehead atoms. The molecule has 2 rings (SSSR count). The Morgan fingerprint density at radius 1 is 1.59 bits per heavy atom.